The summed E-state index contributed by atoms with van der Waals surface area (Å²) in [7, 11) is 1.23. The zero-order valence-corrected chi connectivity index (χ0v) is 10.4. The van der Waals surface area contributed by atoms with Crippen LogP contribution in [0, 0.1) is 0 Å². The SMILES string of the molecule is CCOc1nc2cccc(NC(=O)OC)c2c(=O)o1. The Morgan fingerprint density at radius 3 is 2.95 bits per heavy atom. The number of ether oxygens (including phenoxy) is 2. The number of benzene rings is 1. The Balaban J connectivity index is 2.56. The van der Waals surface area contributed by atoms with Crippen molar-refractivity contribution >= 4 is 22.7 Å². The van der Waals surface area contributed by atoms with Gasteiger partial charge in [-0.3, -0.25) is 5.32 Å². The number of nitrogens with zero attached hydrogens (tertiary/aromatic N) is 1. The summed E-state index contributed by atoms with van der Waals surface area (Å²) in [6, 6.07) is 4.82. The summed E-state index contributed by atoms with van der Waals surface area (Å²) < 4.78 is 14.4. The number of carbonyl (C=O) groups is 1. The largest absolute Gasteiger partial charge is 0.453 e. The Morgan fingerprint density at radius 2 is 2.26 bits per heavy atom. The molecule has 0 bridgehead atoms. The Kier molecular flexibility index (Phi) is 3.65. The molecule has 100 valence electrons. The summed E-state index contributed by atoms with van der Waals surface area (Å²) in [6.07, 6.45) is -0.781. The normalized spacial score (nSPS) is 10.2. The average molecular weight is 264 g/mol. The van der Waals surface area contributed by atoms with Gasteiger partial charge in [-0.1, -0.05) is 6.07 Å². The van der Waals surface area contributed by atoms with E-state index < -0.39 is 11.7 Å². The first-order valence-corrected chi connectivity index (χ1v) is 5.57. The van der Waals surface area contributed by atoms with Crippen molar-refractivity contribution in [3.8, 4) is 6.08 Å². The van der Waals surface area contributed by atoms with E-state index in [0.717, 1.165) is 0 Å². The minimum absolute atomic E-state index is 0.102. The number of methoxy groups -OCH3 is 1. The standard InChI is InChI=1S/C12H12N2O5/c1-3-18-12-14-8-6-4-5-7(13-11(16)17-2)9(8)10(15)19-12/h4-6H,3H2,1-2H3,(H,13,16). The number of rotatable bonds is 3. The van der Waals surface area contributed by atoms with Crippen LogP contribution in [0.5, 0.6) is 6.08 Å². The van der Waals surface area contributed by atoms with Crippen LogP contribution in [0.4, 0.5) is 10.5 Å². The predicted molar refractivity (Wildman–Crippen MR) is 67.5 cm³/mol. The number of anilines is 1. The third kappa shape index (κ3) is 2.65. The first-order chi connectivity index (χ1) is 9.15. The molecule has 7 heteroatoms. The number of carbonyl (C=O) groups excluding carboxylic acids is 1. The van der Waals surface area contributed by atoms with Gasteiger partial charge in [0, 0.05) is 0 Å². The fourth-order valence-corrected chi connectivity index (χ4v) is 1.55. The maximum absolute atomic E-state index is 11.9. The first kappa shape index (κ1) is 12.9. The highest BCUT2D eigenvalue weighted by Gasteiger charge is 2.13. The molecule has 19 heavy (non-hydrogen) atoms. The van der Waals surface area contributed by atoms with Gasteiger partial charge in [0.2, 0.25) is 0 Å². The van der Waals surface area contributed by atoms with Gasteiger partial charge in [0.05, 0.1) is 24.9 Å². The van der Waals surface area contributed by atoms with E-state index in [1.165, 1.54) is 7.11 Å². The predicted octanol–water partition coefficient (Wildman–Crippen LogP) is 1.76. The lowest BCUT2D eigenvalue weighted by atomic mass is 10.2. The maximum atomic E-state index is 11.9. The number of amides is 1. The van der Waals surface area contributed by atoms with Crippen LogP contribution in [-0.4, -0.2) is 24.8 Å². The molecule has 0 aliphatic carbocycles. The molecular formula is C12H12N2O5. The summed E-state index contributed by atoms with van der Waals surface area (Å²) in [5, 5.41) is 2.59. The van der Waals surface area contributed by atoms with Crippen molar-refractivity contribution in [2.75, 3.05) is 19.0 Å². The summed E-state index contributed by atoms with van der Waals surface area (Å²) in [5.74, 6) is 0. The van der Waals surface area contributed by atoms with E-state index in [4.69, 9.17) is 9.15 Å². The van der Waals surface area contributed by atoms with E-state index in [-0.39, 0.29) is 17.2 Å². The van der Waals surface area contributed by atoms with Crippen LogP contribution < -0.4 is 15.7 Å². The number of aromatic nitrogens is 1. The zero-order chi connectivity index (χ0) is 13.8. The Bertz CT molecular complexity index is 665. The van der Waals surface area contributed by atoms with Gasteiger partial charge in [0.15, 0.2) is 0 Å². The molecule has 1 N–H and O–H groups in total. The van der Waals surface area contributed by atoms with E-state index in [2.05, 4.69) is 15.0 Å². The van der Waals surface area contributed by atoms with Crippen LogP contribution >= 0.6 is 0 Å². The van der Waals surface area contributed by atoms with Gasteiger partial charge >= 0.3 is 17.8 Å². The van der Waals surface area contributed by atoms with E-state index in [0.29, 0.717) is 12.1 Å². The van der Waals surface area contributed by atoms with Gasteiger partial charge in [0.1, 0.15) is 5.39 Å². The minimum Gasteiger partial charge on any atom is -0.453 e. The van der Waals surface area contributed by atoms with E-state index in [1.54, 1.807) is 25.1 Å². The minimum atomic E-state index is -0.680. The fourth-order valence-electron chi connectivity index (χ4n) is 1.55. The molecule has 1 aromatic heterocycles. The van der Waals surface area contributed by atoms with Gasteiger partial charge in [-0.2, -0.15) is 4.98 Å². The highest BCUT2D eigenvalue weighted by molar-refractivity contribution is 5.97. The molecule has 1 heterocycles. The molecule has 1 amide bonds. The highest BCUT2D eigenvalue weighted by atomic mass is 16.6. The highest BCUT2D eigenvalue weighted by Crippen LogP contribution is 2.20. The third-order valence-electron chi connectivity index (χ3n) is 2.33. The molecule has 2 rings (SSSR count). The average Bonchev–Trinajstić information content (AvgIpc) is 2.38. The Labute approximate surface area is 108 Å². The molecular weight excluding hydrogens is 252 g/mol. The first-order valence-electron chi connectivity index (χ1n) is 5.57. The van der Waals surface area contributed by atoms with Gasteiger partial charge < -0.3 is 13.9 Å². The lowest BCUT2D eigenvalue weighted by Gasteiger charge is -2.06. The zero-order valence-electron chi connectivity index (χ0n) is 10.4. The van der Waals surface area contributed by atoms with Crippen molar-refractivity contribution in [2.45, 2.75) is 6.92 Å². The van der Waals surface area contributed by atoms with Crippen molar-refractivity contribution in [2.24, 2.45) is 0 Å². The van der Waals surface area contributed by atoms with E-state index >= 15 is 0 Å². The Morgan fingerprint density at radius 1 is 1.47 bits per heavy atom. The Hall–Kier alpha value is -2.57. The lowest BCUT2D eigenvalue weighted by Crippen LogP contribution is -2.14. The molecule has 0 atom stereocenters. The molecule has 0 radical (unpaired) electrons. The van der Waals surface area contributed by atoms with Crippen molar-refractivity contribution < 1.29 is 18.7 Å². The second-order valence-electron chi connectivity index (χ2n) is 3.52. The molecule has 0 unspecified atom stereocenters. The molecule has 0 saturated heterocycles. The quantitative estimate of drug-likeness (QED) is 0.908. The molecule has 0 spiro atoms. The summed E-state index contributed by atoms with van der Waals surface area (Å²) in [4.78, 5) is 27.1. The summed E-state index contributed by atoms with van der Waals surface area (Å²) in [6.45, 7) is 2.09. The fraction of sp³-hybridized carbons (Fsp3) is 0.250. The molecule has 1 aromatic carbocycles. The van der Waals surface area contributed by atoms with Crippen LogP contribution in [-0.2, 0) is 4.74 Å². The maximum Gasteiger partial charge on any atom is 0.411 e. The lowest BCUT2D eigenvalue weighted by molar-refractivity contribution is 0.187. The van der Waals surface area contributed by atoms with Crippen LogP contribution in [0.15, 0.2) is 27.4 Å². The van der Waals surface area contributed by atoms with Crippen LogP contribution in [0.3, 0.4) is 0 Å². The van der Waals surface area contributed by atoms with E-state index in [1.807, 2.05) is 0 Å². The van der Waals surface area contributed by atoms with Gasteiger partial charge in [0.25, 0.3) is 0 Å². The van der Waals surface area contributed by atoms with Crippen molar-refractivity contribution in [1.82, 2.24) is 4.98 Å². The van der Waals surface area contributed by atoms with Crippen molar-refractivity contribution in [3.05, 3.63) is 28.6 Å². The second kappa shape index (κ2) is 5.38. The number of nitrogens with one attached hydrogen (secondary N) is 1. The summed E-state index contributed by atoms with van der Waals surface area (Å²) in [5.41, 5.74) is 0.00250. The van der Waals surface area contributed by atoms with Crippen molar-refractivity contribution in [1.29, 1.82) is 0 Å². The molecule has 0 saturated carbocycles. The smallest absolute Gasteiger partial charge is 0.411 e. The monoisotopic (exact) mass is 264 g/mol. The topological polar surface area (TPSA) is 90.7 Å². The van der Waals surface area contributed by atoms with Gasteiger partial charge in [-0.15, -0.1) is 0 Å². The second-order valence-corrected chi connectivity index (χ2v) is 3.52. The van der Waals surface area contributed by atoms with E-state index in [9.17, 15) is 9.59 Å². The van der Waals surface area contributed by atoms with Crippen LogP contribution in [0.1, 0.15) is 6.92 Å². The molecule has 0 fully saturated rings. The molecule has 2 aromatic rings. The molecule has 7 nitrogen and oxygen atoms in total. The van der Waals surface area contributed by atoms with Crippen molar-refractivity contribution in [3.63, 3.8) is 0 Å². The number of fused-ring (bicyclic) bond motifs is 1. The molecule has 0 aliphatic heterocycles. The molecule has 0 aliphatic rings. The van der Waals surface area contributed by atoms with Gasteiger partial charge in [-0.05, 0) is 19.1 Å². The van der Waals surface area contributed by atoms with Crippen LogP contribution in [0.25, 0.3) is 10.9 Å². The summed E-state index contributed by atoms with van der Waals surface area (Å²) >= 11 is 0. The van der Waals surface area contributed by atoms with Gasteiger partial charge in [-0.25, -0.2) is 9.59 Å². The third-order valence-corrected chi connectivity index (χ3v) is 2.33. The number of hydrogen-bond donors (Lipinski definition) is 1. The van der Waals surface area contributed by atoms with Crippen LogP contribution in [0.2, 0.25) is 0 Å². The number of hydrogen-bond acceptors (Lipinski definition) is 6.